The molecule has 1 N–H and O–H groups in total. The van der Waals surface area contributed by atoms with Gasteiger partial charge in [-0.2, -0.15) is 0 Å². The summed E-state index contributed by atoms with van der Waals surface area (Å²) in [5, 5.41) is 2.98. The smallest absolute Gasteiger partial charge is 0.247 e. The maximum Gasteiger partial charge on any atom is 0.247 e. The van der Waals surface area contributed by atoms with Gasteiger partial charge in [0.15, 0.2) is 0 Å². The Morgan fingerprint density at radius 2 is 1.69 bits per heavy atom. The number of likely N-dealkylation sites (tertiary alicyclic amines) is 1. The quantitative estimate of drug-likeness (QED) is 0.832. The third-order valence-electron chi connectivity index (χ3n) is 6.37. The van der Waals surface area contributed by atoms with Crippen molar-refractivity contribution in [2.24, 2.45) is 0 Å². The van der Waals surface area contributed by atoms with Gasteiger partial charge in [0.2, 0.25) is 11.8 Å². The highest BCUT2D eigenvalue weighted by Crippen LogP contribution is 2.44. The largest absolute Gasteiger partial charge is 0.497 e. The summed E-state index contributed by atoms with van der Waals surface area (Å²) in [4.78, 5) is 28.6. The Bertz CT molecular complexity index is 857. The van der Waals surface area contributed by atoms with Crippen LogP contribution in [0.3, 0.4) is 0 Å². The van der Waals surface area contributed by atoms with Crippen molar-refractivity contribution in [3.63, 3.8) is 0 Å². The maximum atomic E-state index is 13.8. The normalized spacial score (nSPS) is 20.4. The van der Waals surface area contributed by atoms with Gasteiger partial charge in [-0.25, -0.2) is 0 Å². The van der Waals surface area contributed by atoms with E-state index >= 15 is 0 Å². The van der Waals surface area contributed by atoms with E-state index in [2.05, 4.69) is 5.32 Å². The van der Waals surface area contributed by atoms with E-state index in [9.17, 15) is 9.59 Å². The third kappa shape index (κ3) is 3.74. The fourth-order valence-electron chi connectivity index (χ4n) is 4.82. The van der Waals surface area contributed by atoms with E-state index in [0.717, 1.165) is 49.1 Å². The first-order valence-corrected chi connectivity index (χ1v) is 10.5. The fraction of sp³-hybridized carbons (Fsp3) is 0.417. The molecule has 1 atom stereocenters. The summed E-state index contributed by atoms with van der Waals surface area (Å²) in [6, 6.07) is 16.9. The van der Waals surface area contributed by atoms with Crippen LogP contribution in [0.25, 0.3) is 0 Å². The molecule has 0 aromatic heterocycles. The second kappa shape index (κ2) is 8.27. The second-order valence-electron chi connectivity index (χ2n) is 8.03. The minimum atomic E-state index is -0.526. The van der Waals surface area contributed by atoms with E-state index in [0.29, 0.717) is 13.0 Å². The zero-order valence-electron chi connectivity index (χ0n) is 16.9. The number of anilines is 1. The predicted molar refractivity (Wildman–Crippen MR) is 113 cm³/mol. The van der Waals surface area contributed by atoms with Crippen LogP contribution < -0.4 is 10.1 Å². The molecule has 1 aliphatic heterocycles. The van der Waals surface area contributed by atoms with Crippen LogP contribution >= 0.6 is 0 Å². The Labute approximate surface area is 172 Å². The average molecular weight is 392 g/mol. The molecule has 1 saturated carbocycles. The molecule has 2 aromatic rings. The summed E-state index contributed by atoms with van der Waals surface area (Å²) in [7, 11) is 1.64. The van der Waals surface area contributed by atoms with Crippen LogP contribution in [0.5, 0.6) is 5.75 Å². The van der Waals surface area contributed by atoms with Crippen molar-refractivity contribution in [2.75, 3.05) is 19.0 Å². The molecule has 4 rings (SSSR count). The Kier molecular flexibility index (Phi) is 5.56. The number of amides is 2. The summed E-state index contributed by atoms with van der Waals surface area (Å²) < 4.78 is 5.28. The molecule has 0 spiro atoms. The molecule has 5 nitrogen and oxygen atoms in total. The highest BCUT2D eigenvalue weighted by atomic mass is 16.5. The molecule has 0 bridgehead atoms. The summed E-state index contributed by atoms with van der Waals surface area (Å²) in [6.45, 7) is 0.642. The standard InChI is InChI=1S/C24H28N2O3/c1-29-20-13-11-18(12-14-20)24(15-5-6-16-24)23(28)26-17-7-10-21(26)22(27)25-19-8-3-2-4-9-19/h2-4,8-9,11-14,21H,5-7,10,15-17H2,1H3,(H,25,27)/t21-/m1/s1. The zero-order valence-corrected chi connectivity index (χ0v) is 16.9. The third-order valence-corrected chi connectivity index (χ3v) is 6.37. The molecule has 152 valence electrons. The van der Waals surface area contributed by atoms with Gasteiger partial charge in [-0.1, -0.05) is 43.2 Å². The van der Waals surface area contributed by atoms with Crippen molar-refractivity contribution in [1.29, 1.82) is 0 Å². The minimum absolute atomic E-state index is 0.0927. The first kappa shape index (κ1) is 19.5. The number of hydrogen-bond donors (Lipinski definition) is 1. The van der Waals surface area contributed by atoms with Crippen LogP contribution in [0.1, 0.15) is 44.1 Å². The molecule has 1 heterocycles. The summed E-state index contributed by atoms with van der Waals surface area (Å²) in [5.74, 6) is 0.798. The maximum absolute atomic E-state index is 13.8. The lowest BCUT2D eigenvalue weighted by Gasteiger charge is -2.35. The number of carbonyl (C=O) groups excluding carboxylic acids is 2. The number of hydrogen-bond acceptors (Lipinski definition) is 3. The van der Waals surface area contributed by atoms with Crippen molar-refractivity contribution in [3.8, 4) is 5.75 Å². The zero-order chi connectivity index (χ0) is 20.3. The first-order valence-electron chi connectivity index (χ1n) is 10.5. The van der Waals surface area contributed by atoms with E-state index in [1.54, 1.807) is 7.11 Å². The topological polar surface area (TPSA) is 58.6 Å². The number of carbonyl (C=O) groups is 2. The molecule has 1 saturated heterocycles. The van der Waals surface area contributed by atoms with Gasteiger partial charge in [-0.3, -0.25) is 9.59 Å². The van der Waals surface area contributed by atoms with Crippen LogP contribution in [-0.4, -0.2) is 36.4 Å². The van der Waals surface area contributed by atoms with Gasteiger partial charge in [0, 0.05) is 12.2 Å². The first-order chi connectivity index (χ1) is 14.1. The number of para-hydroxylation sites is 1. The Morgan fingerprint density at radius 3 is 2.34 bits per heavy atom. The number of methoxy groups -OCH3 is 1. The van der Waals surface area contributed by atoms with Gasteiger partial charge in [-0.05, 0) is 55.5 Å². The minimum Gasteiger partial charge on any atom is -0.497 e. The monoisotopic (exact) mass is 392 g/mol. The van der Waals surface area contributed by atoms with E-state index in [-0.39, 0.29) is 11.8 Å². The molecule has 0 radical (unpaired) electrons. The van der Waals surface area contributed by atoms with Crippen LogP contribution in [0.2, 0.25) is 0 Å². The van der Waals surface area contributed by atoms with Gasteiger partial charge < -0.3 is 15.0 Å². The second-order valence-corrected chi connectivity index (χ2v) is 8.03. The van der Waals surface area contributed by atoms with Crippen LogP contribution in [-0.2, 0) is 15.0 Å². The molecular formula is C24H28N2O3. The number of rotatable bonds is 5. The van der Waals surface area contributed by atoms with Crippen LogP contribution in [0.4, 0.5) is 5.69 Å². The SMILES string of the molecule is COc1ccc(C2(C(=O)N3CCC[C@@H]3C(=O)Nc3ccccc3)CCCC2)cc1. The van der Waals surface area contributed by atoms with Crippen LogP contribution in [0, 0.1) is 0 Å². The van der Waals surface area contributed by atoms with Crippen molar-refractivity contribution < 1.29 is 14.3 Å². The number of benzene rings is 2. The summed E-state index contributed by atoms with van der Waals surface area (Å²) >= 11 is 0. The summed E-state index contributed by atoms with van der Waals surface area (Å²) in [5.41, 5.74) is 1.28. The lowest BCUT2D eigenvalue weighted by molar-refractivity contribution is -0.141. The van der Waals surface area contributed by atoms with Gasteiger partial charge in [0.05, 0.1) is 12.5 Å². The van der Waals surface area contributed by atoms with Gasteiger partial charge in [0.25, 0.3) is 0 Å². The lowest BCUT2D eigenvalue weighted by atomic mass is 9.77. The van der Waals surface area contributed by atoms with E-state index in [1.165, 1.54) is 0 Å². The van der Waals surface area contributed by atoms with E-state index in [4.69, 9.17) is 4.74 Å². The van der Waals surface area contributed by atoms with E-state index in [1.807, 2.05) is 59.5 Å². The van der Waals surface area contributed by atoms with Crippen molar-refractivity contribution in [2.45, 2.75) is 50.0 Å². The Morgan fingerprint density at radius 1 is 1.00 bits per heavy atom. The van der Waals surface area contributed by atoms with Gasteiger partial charge >= 0.3 is 0 Å². The van der Waals surface area contributed by atoms with Crippen LogP contribution in [0.15, 0.2) is 54.6 Å². The van der Waals surface area contributed by atoms with Crippen molar-refractivity contribution in [3.05, 3.63) is 60.2 Å². The molecule has 2 fully saturated rings. The molecule has 5 heteroatoms. The molecule has 1 aliphatic carbocycles. The highest BCUT2D eigenvalue weighted by Gasteiger charge is 2.48. The van der Waals surface area contributed by atoms with Gasteiger partial charge in [-0.15, -0.1) is 0 Å². The average Bonchev–Trinajstić information content (AvgIpc) is 3.45. The van der Waals surface area contributed by atoms with Crippen molar-refractivity contribution >= 4 is 17.5 Å². The molecule has 2 aromatic carbocycles. The molecular weight excluding hydrogens is 364 g/mol. The van der Waals surface area contributed by atoms with E-state index < -0.39 is 11.5 Å². The van der Waals surface area contributed by atoms with Gasteiger partial charge in [0.1, 0.15) is 11.8 Å². The number of nitrogens with zero attached hydrogens (tertiary/aromatic N) is 1. The molecule has 29 heavy (non-hydrogen) atoms. The predicted octanol–water partition coefficient (Wildman–Crippen LogP) is 4.14. The Balaban J connectivity index is 1.57. The van der Waals surface area contributed by atoms with Crippen molar-refractivity contribution in [1.82, 2.24) is 4.90 Å². The lowest BCUT2D eigenvalue weighted by Crippen LogP contribution is -2.51. The summed E-state index contributed by atoms with van der Waals surface area (Å²) in [6.07, 6.45) is 5.31. The molecule has 0 unspecified atom stereocenters. The molecule has 2 aliphatic rings. The highest BCUT2D eigenvalue weighted by molar-refractivity contribution is 5.99. The fourth-order valence-corrected chi connectivity index (χ4v) is 4.82. The Hall–Kier alpha value is -2.82. The molecule has 2 amide bonds. The number of ether oxygens (including phenoxy) is 1. The number of nitrogens with one attached hydrogen (secondary N) is 1.